The predicted octanol–water partition coefficient (Wildman–Crippen LogP) is 0.346. The van der Waals surface area contributed by atoms with Crippen LogP contribution in [0.15, 0.2) is 36.8 Å². The number of rotatable bonds is 4. The average Bonchev–Trinajstić information content (AvgIpc) is 3.37. The molecule has 1 aromatic carbocycles. The molecule has 152 valence electrons. The number of imidazole rings is 1. The third-order valence-electron chi connectivity index (χ3n) is 4.98. The van der Waals surface area contributed by atoms with Gasteiger partial charge in [0.2, 0.25) is 0 Å². The Labute approximate surface area is 165 Å². The molecule has 3 heterocycles. The van der Waals surface area contributed by atoms with Gasteiger partial charge >= 0.3 is 6.09 Å². The van der Waals surface area contributed by atoms with Gasteiger partial charge in [-0.15, -0.1) is 0 Å². The van der Waals surface area contributed by atoms with Gasteiger partial charge in [0, 0.05) is 6.20 Å². The maximum absolute atomic E-state index is 12.5. The number of fused-ring (bicyclic) bond motifs is 1. The van der Waals surface area contributed by atoms with Crippen LogP contribution in [0.4, 0.5) is 4.79 Å². The van der Waals surface area contributed by atoms with Gasteiger partial charge in [0.25, 0.3) is 11.8 Å². The number of benzene rings is 1. The Hall–Kier alpha value is -3.08. The Morgan fingerprint density at radius 2 is 1.83 bits per heavy atom. The second-order valence-electron chi connectivity index (χ2n) is 6.75. The van der Waals surface area contributed by atoms with Gasteiger partial charge in [0.15, 0.2) is 0 Å². The Morgan fingerprint density at radius 1 is 1.17 bits per heavy atom. The van der Waals surface area contributed by atoms with E-state index in [1.807, 2.05) is 0 Å². The molecule has 2 N–H and O–H groups in total. The number of nitrogens with zero attached hydrogens (tertiary/aromatic N) is 3. The smallest absolute Gasteiger partial charge is 0.419 e. The van der Waals surface area contributed by atoms with Crippen molar-refractivity contribution in [1.29, 1.82) is 0 Å². The zero-order valence-corrected chi connectivity index (χ0v) is 15.5. The van der Waals surface area contributed by atoms with Crippen molar-refractivity contribution in [1.82, 2.24) is 14.5 Å². The van der Waals surface area contributed by atoms with Crippen molar-refractivity contribution in [2.24, 2.45) is 0 Å². The number of aromatic nitrogens is 2. The van der Waals surface area contributed by atoms with Gasteiger partial charge < -0.3 is 19.7 Å². The van der Waals surface area contributed by atoms with E-state index in [0.29, 0.717) is 0 Å². The summed E-state index contributed by atoms with van der Waals surface area (Å²) >= 11 is 0. The van der Waals surface area contributed by atoms with E-state index in [1.54, 1.807) is 31.2 Å². The molecule has 4 atom stereocenters. The Morgan fingerprint density at radius 3 is 2.45 bits per heavy atom. The second kappa shape index (κ2) is 7.39. The van der Waals surface area contributed by atoms with Crippen LogP contribution in [0, 0.1) is 0 Å². The molecule has 0 unspecified atom stereocenters. The normalized spacial score (nSPS) is 26.1. The molecule has 2 amide bonds. The van der Waals surface area contributed by atoms with E-state index < -0.39 is 42.3 Å². The molecule has 1 fully saturated rings. The average molecular weight is 401 g/mol. The van der Waals surface area contributed by atoms with Crippen LogP contribution in [0.3, 0.4) is 0 Å². The molecule has 0 spiro atoms. The zero-order valence-electron chi connectivity index (χ0n) is 15.5. The first-order valence-corrected chi connectivity index (χ1v) is 9.10. The van der Waals surface area contributed by atoms with E-state index in [2.05, 4.69) is 4.98 Å². The number of imide groups is 1. The van der Waals surface area contributed by atoms with E-state index in [9.17, 15) is 24.6 Å². The summed E-state index contributed by atoms with van der Waals surface area (Å²) in [5.74, 6) is -0.961. The van der Waals surface area contributed by atoms with Crippen molar-refractivity contribution in [3.05, 3.63) is 53.6 Å². The molecular formula is C19H19N3O7. The number of carbonyl (C=O) groups excluding carboxylic acids is 3. The van der Waals surface area contributed by atoms with Crippen LogP contribution in [-0.2, 0) is 9.47 Å². The highest BCUT2D eigenvalue weighted by atomic mass is 16.6. The third-order valence-corrected chi connectivity index (χ3v) is 4.98. The lowest BCUT2D eigenvalue weighted by molar-refractivity contribution is -0.00796. The van der Waals surface area contributed by atoms with Gasteiger partial charge in [-0.05, 0) is 19.1 Å². The molecule has 0 aliphatic carbocycles. The predicted molar refractivity (Wildman–Crippen MR) is 96.1 cm³/mol. The number of aliphatic hydroxyl groups is 2. The molecule has 1 saturated heterocycles. The lowest BCUT2D eigenvalue weighted by atomic mass is 10.1. The number of ether oxygens (including phenoxy) is 2. The maximum atomic E-state index is 12.5. The maximum Gasteiger partial charge on any atom is 0.419 e. The monoisotopic (exact) mass is 401 g/mol. The minimum atomic E-state index is -1.35. The lowest BCUT2D eigenvalue weighted by Gasteiger charge is -2.20. The number of carbonyl (C=O) groups is 3. The summed E-state index contributed by atoms with van der Waals surface area (Å²) < 4.78 is 11.7. The highest BCUT2D eigenvalue weighted by molar-refractivity contribution is 6.21. The summed E-state index contributed by atoms with van der Waals surface area (Å²) in [6.07, 6.45) is -2.82. The molecule has 10 heteroatoms. The molecule has 29 heavy (non-hydrogen) atoms. The standard InChI is InChI=1S/C19H19N3O7/c1-2-28-19(27)21-7-12(20-9-21)16-15(24)14(23)13(29-16)8-22-17(25)10-5-3-4-6-11(10)18(22)26/h3-7,9,13-16,23-24H,2,8H2,1H3/t13-,14-,15+,16-/m0/s1. The van der Waals surface area contributed by atoms with E-state index in [4.69, 9.17) is 9.47 Å². The zero-order chi connectivity index (χ0) is 20.7. The summed E-state index contributed by atoms with van der Waals surface area (Å²) in [7, 11) is 0. The van der Waals surface area contributed by atoms with Crippen molar-refractivity contribution in [3.8, 4) is 0 Å². The van der Waals surface area contributed by atoms with E-state index in [1.165, 1.54) is 12.5 Å². The van der Waals surface area contributed by atoms with Gasteiger partial charge in [-0.1, -0.05) is 12.1 Å². The van der Waals surface area contributed by atoms with Crippen LogP contribution >= 0.6 is 0 Å². The van der Waals surface area contributed by atoms with Crippen molar-refractivity contribution in [3.63, 3.8) is 0 Å². The molecule has 10 nitrogen and oxygen atoms in total. The minimum absolute atomic E-state index is 0.190. The summed E-state index contributed by atoms with van der Waals surface area (Å²) in [5, 5.41) is 20.8. The van der Waals surface area contributed by atoms with Crippen molar-refractivity contribution in [2.75, 3.05) is 13.2 Å². The largest absolute Gasteiger partial charge is 0.449 e. The van der Waals surface area contributed by atoms with E-state index in [0.717, 1.165) is 9.47 Å². The number of aliphatic hydroxyl groups excluding tert-OH is 2. The SMILES string of the molecule is CCOC(=O)n1cnc([C@@H]2O[C@@H](CN3C(=O)c4ccccc4C3=O)[C@H](O)[C@H]2O)c1. The third kappa shape index (κ3) is 3.20. The Kier molecular flexibility index (Phi) is 4.91. The van der Waals surface area contributed by atoms with Crippen LogP contribution in [0.1, 0.15) is 39.4 Å². The molecule has 0 radical (unpaired) electrons. The Bertz CT molecular complexity index is 937. The second-order valence-corrected chi connectivity index (χ2v) is 6.75. The van der Waals surface area contributed by atoms with Crippen LogP contribution in [0.5, 0.6) is 0 Å². The van der Waals surface area contributed by atoms with Gasteiger partial charge in [-0.25, -0.2) is 14.3 Å². The van der Waals surface area contributed by atoms with Crippen LogP contribution in [0.2, 0.25) is 0 Å². The van der Waals surface area contributed by atoms with Gasteiger partial charge in [0.05, 0.1) is 30.0 Å². The number of hydrogen-bond donors (Lipinski definition) is 2. The molecule has 0 bridgehead atoms. The Balaban J connectivity index is 1.49. The molecule has 4 rings (SSSR count). The lowest BCUT2D eigenvalue weighted by Crippen LogP contribution is -2.42. The number of hydrogen-bond acceptors (Lipinski definition) is 8. The van der Waals surface area contributed by atoms with Crippen molar-refractivity contribution >= 4 is 17.9 Å². The fraction of sp³-hybridized carbons (Fsp3) is 0.368. The summed E-state index contributed by atoms with van der Waals surface area (Å²) in [5.41, 5.74) is 0.792. The van der Waals surface area contributed by atoms with Crippen molar-refractivity contribution in [2.45, 2.75) is 31.3 Å². The summed E-state index contributed by atoms with van der Waals surface area (Å²) in [6, 6.07) is 6.44. The van der Waals surface area contributed by atoms with Gasteiger partial charge in [-0.3, -0.25) is 14.5 Å². The molecule has 1 aromatic heterocycles. The highest BCUT2D eigenvalue weighted by Gasteiger charge is 2.47. The van der Waals surface area contributed by atoms with Gasteiger partial charge in [-0.2, -0.15) is 0 Å². The topological polar surface area (TPSA) is 131 Å². The van der Waals surface area contributed by atoms with Crippen LogP contribution in [0.25, 0.3) is 0 Å². The number of amides is 2. The van der Waals surface area contributed by atoms with Crippen LogP contribution < -0.4 is 0 Å². The summed E-state index contributed by atoms with van der Waals surface area (Å²) in [4.78, 5) is 41.8. The molecule has 2 aliphatic rings. The highest BCUT2D eigenvalue weighted by Crippen LogP contribution is 2.34. The fourth-order valence-electron chi connectivity index (χ4n) is 3.51. The molecule has 2 aromatic rings. The van der Waals surface area contributed by atoms with E-state index in [-0.39, 0.29) is 30.0 Å². The first kappa shape index (κ1) is 19.2. The quantitative estimate of drug-likeness (QED) is 0.702. The molecule has 0 saturated carbocycles. The molecular weight excluding hydrogens is 382 g/mol. The summed E-state index contributed by atoms with van der Waals surface area (Å²) in [6.45, 7) is 1.63. The van der Waals surface area contributed by atoms with Crippen LogP contribution in [-0.4, -0.2) is 74.0 Å². The first-order valence-electron chi connectivity index (χ1n) is 9.10. The first-order chi connectivity index (χ1) is 13.9. The fourth-order valence-corrected chi connectivity index (χ4v) is 3.51. The van der Waals surface area contributed by atoms with Crippen molar-refractivity contribution < 1.29 is 34.1 Å². The van der Waals surface area contributed by atoms with Gasteiger partial charge in [0.1, 0.15) is 30.7 Å². The van der Waals surface area contributed by atoms with E-state index >= 15 is 0 Å². The minimum Gasteiger partial charge on any atom is -0.449 e. The molecule has 2 aliphatic heterocycles.